The predicted molar refractivity (Wildman–Crippen MR) is 64.9 cm³/mol. The number of nitro groups is 1. The molecule has 1 rings (SSSR count). The maximum absolute atomic E-state index is 11.0. The molecule has 1 unspecified atom stereocenters. The Morgan fingerprint density at radius 3 is 2.67 bits per heavy atom. The lowest BCUT2D eigenvalue weighted by atomic mass is 10.2. The molecule has 0 radical (unpaired) electrons. The van der Waals surface area contributed by atoms with Gasteiger partial charge in [-0.3, -0.25) is 14.9 Å². The van der Waals surface area contributed by atoms with Gasteiger partial charge in [0, 0.05) is 12.6 Å². The van der Waals surface area contributed by atoms with Gasteiger partial charge in [-0.2, -0.15) is 0 Å². The normalized spacial score (nSPS) is 11.9. The molecule has 1 amide bonds. The molecule has 7 nitrogen and oxygen atoms in total. The zero-order valence-corrected chi connectivity index (χ0v) is 9.96. The molecule has 1 aromatic rings. The summed E-state index contributed by atoms with van der Waals surface area (Å²) in [6.07, 6.45) is -0.544. The highest BCUT2D eigenvalue weighted by Gasteiger charge is 2.21. The second-order valence-electron chi connectivity index (χ2n) is 3.68. The molecule has 0 aliphatic carbocycles. The highest BCUT2D eigenvalue weighted by atomic mass is 16.6. The standard InChI is InChI=1S/C11H15N3O4/c1-2-9(11(13)15)18-10-4-3-7(6-12)5-8(10)14(16)17/h3-5,9H,2,6,12H2,1H3,(H2,13,15). The SMILES string of the molecule is CCC(Oc1ccc(CN)cc1[N+](=O)[O-])C(N)=O. The summed E-state index contributed by atoms with van der Waals surface area (Å²) in [5.41, 5.74) is 10.9. The number of carbonyl (C=O) groups is 1. The van der Waals surface area contributed by atoms with Crippen LogP contribution in [0.3, 0.4) is 0 Å². The van der Waals surface area contributed by atoms with Crippen molar-refractivity contribution < 1.29 is 14.5 Å². The molecular formula is C11H15N3O4. The molecule has 0 saturated heterocycles. The number of nitrogens with two attached hydrogens (primary N) is 2. The third kappa shape index (κ3) is 3.17. The summed E-state index contributed by atoms with van der Waals surface area (Å²) in [5, 5.41) is 10.9. The van der Waals surface area contributed by atoms with Crippen LogP contribution in [-0.4, -0.2) is 16.9 Å². The topological polar surface area (TPSA) is 121 Å². The summed E-state index contributed by atoms with van der Waals surface area (Å²) >= 11 is 0. The third-order valence-corrected chi connectivity index (χ3v) is 2.41. The van der Waals surface area contributed by atoms with Gasteiger partial charge in [-0.15, -0.1) is 0 Å². The first-order valence-corrected chi connectivity index (χ1v) is 5.43. The van der Waals surface area contributed by atoms with Crippen molar-refractivity contribution in [3.05, 3.63) is 33.9 Å². The van der Waals surface area contributed by atoms with Gasteiger partial charge in [0.05, 0.1) is 4.92 Å². The number of hydrogen-bond acceptors (Lipinski definition) is 5. The van der Waals surface area contributed by atoms with E-state index in [0.717, 1.165) is 0 Å². The van der Waals surface area contributed by atoms with Crippen molar-refractivity contribution in [3.63, 3.8) is 0 Å². The average Bonchev–Trinajstić information content (AvgIpc) is 2.35. The zero-order valence-electron chi connectivity index (χ0n) is 9.96. The molecule has 0 saturated carbocycles. The van der Waals surface area contributed by atoms with Crippen molar-refractivity contribution in [2.24, 2.45) is 11.5 Å². The van der Waals surface area contributed by atoms with Gasteiger partial charge in [0.2, 0.25) is 0 Å². The van der Waals surface area contributed by atoms with Crippen LogP contribution in [0.15, 0.2) is 18.2 Å². The number of benzene rings is 1. The highest BCUT2D eigenvalue weighted by molar-refractivity contribution is 5.79. The molecule has 0 aromatic heterocycles. The van der Waals surface area contributed by atoms with E-state index in [0.29, 0.717) is 12.0 Å². The molecule has 0 aliphatic rings. The second-order valence-corrected chi connectivity index (χ2v) is 3.68. The number of amides is 1. The minimum atomic E-state index is -0.882. The number of hydrogen-bond donors (Lipinski definition) is 2. The Labute approximate surface area is 104 Å². The summed E-state index contributed by atoms with van der Waals surface area (Å²) in [6, 6.07) is 4.35. The molecule has 7 heteroatoms. The van der Waals surface area contributed by atoms with E-state index >= 15 is 0 Å². The van der Waals surface area contributed by atoms with E-state index in [-0.39, 0.29) is 18.0 Å². The van der Waals surface area contributed by atoms with Crippen LogP contribution in [0.4, 0.5) is 5.69 Å². The number of rotatable bonds is 6. The maximum Gasteiger partial charge on any atom is 0.311 e. The fraction of sp³-hybridized carbons (Fsp3) is 0.364. The number of carbonyl (C=O) groups excluding carboxylic acids is 1. The van der Waals surface area contributed by atoms with Gasteiger partial charge in [-0.05, 0) is 18.1 Å². The Morgan fingerprint density at radius 1 is 1.56 bits per heavy atom. The van der Waals surface area contributed by atoms with Gasteiger partial charge >= 0.3 is 5.69 Å². The van der Waals surface area contributed by atoms with Crippen LogP contribution in [0.5, 0.6) is 5.75 Å². The Bertz CT molecular complexity index is 462. The first kappa shape index (κ1) is 13.9. The Hall–Kier alpha value is -2.15. The fourth-order valence-corrected chi connectivity index (χ4v) is 1.43. The first-order valence-electron chi connectivity index (χ1n) is 5.43. The smallest absolute Gasteiger partial charge is 0.311 e. The van der Waals surface area contributed by atoms with Crippen molar-refractivity contribution in [1.29, 1.82) is 0 Å². The van der Waals surface area contributed by atoms with Gasteiger partial charge in [-0.1, -0.05) is 13.0 Å². The lowest BCUT2D eigenvalue weighted by Gasteiger charge is -2.14. The van der Waals surface area contributed by atoms with Crippen LogP contribution in [0.25, 0.3) is 0 Å². The highest BCUT2D eigenvalue weighted by Crippen LogP contribution is 2.29. The van der Waals surface area contributed by atoms with E-state index in [9.17, 15) is 14.9 Å². The largest absolute Gasteiger partial charge is 0.473 e. The molecule has 0 fully saturated rings. The van der Waals surface area contributed by atoms with E-state index in [1.54, 1.807) is 13.0 Å². The third-order valence-electron chi connectivity index (χ3n) is 2.41. The van der Waals surface area contributed by atoms with E-state index < -0.39 is 16.9 Å². The summed E-state index contributed by atoms with van der Waals surface area (Å²) in [6.45, 7) is 1.89. The monoisotopic (exact) mass is 253 g/mol. The number of nitrogens with zero attached hydrogens (tertiary/aromatic N) is 1. The number of nitro benzene ring substituents is 1. The van der Waals surface area contributed by atoms with Crippen LogP contribution in [0.1, 0.15) is 18.9 Å². The quantitative estimate of drug-likeness (QED) is 0.570. The molecule has 1 aromatic carbocycles. The number of ether oxygens (including phenoxy) is 1. The lowest BCUT2D eigenvalue weighted by Crippen LogP contribution is -2.33. The molecule has 0 heterocycles. The van der Waals surface area contributed by atoms with E-state index in [2.05, 4.69) is 0 Å². The van der Waals surface area contributed by atoms with Crippen LogP contribution < -0.4 is 16.2 Å². The Morgan fingerprint density at radius 2 is 2.22 bits per heavy atom. The zero-order chi connectivity index (χ0) is 13.7. The van der Waals surface area contributed by atoms with Crippen molar-refractivity contribution in [2.75, 3.05) is 0 Å². The minimum Gasteiger partial charge on any atom is -0.473 e. The molecule has 4 N–H and O–H groups in total. The summed E-state index contributed by atoms with van der Waals surface area (Å²) in [5.74, 6) is -0.641. The van der Waals surface area contributed by atoms with Crippen molar-refractivity contribution in [2.45, 2.75) is 26.0 Å². The molecule has 0 spiro atoms. The van der Waals surface area contributed by atoms with Gasteiger partial charge in [0.25, 0.3) is 5.91 Å². The van der Waals surface area contributed by atoms with E-state index in [1.165, 1.54) is 12.1 Å². The summed E-state index contributed by atoms with van der Waals surface area (Å²) in [4.78, 5) is 21.4. The van der Waals surface area contributed by atoms with Gasteiger partial charge in [-0.25, -0.2) is 0 Å². The van der Waals surface area contributed by atoms with Gasteiger partial charge < -0.3 is 16.2 Å². The van der Waals surface area contributed by atoms with Crippen LogP contribution in [0.2, 0.25) is 0 Å². The van der Waals surface area contributed by atoms with Crippen LogP contribution >= 0.6 is 0 Å². The number of primary amides is 1. The van der Waals surface area contributed by atoms with Gasteiger partial charge in [0.1, 0.15) is 0 Å². The van der Waals surface area contributed by atoms with Gasteiger partial charge in [0.15, 0.2) is 11.9 Å². The van der Waals surface area contributed by atoms with Crippen molar-refractivity contribution >= 4 is 11.6 Å². The first-order chi connectivity index (χ1) is 8.49. The Kier molecular flexibility index (Phi) is 4.61. The molecular weight excluding hydrogens is 238 g/mol. The summed E-state index contributed by atoms with van der Waals surface area (Å²) < 4.78 is 5.26. The minimum absolute atomic E-state index is 0.0165. The molecule has 0 bridgehead atoms. The maximum atomic E-state index is 11.0. The van der Waals surface area contributed by atoms with Crippen molar-refractivity contribution in [3.8, 4) is 5.75 Å². The molecule has 0 aliphatic heterocycles. The van der Waals surface area contributed by atoms with Crippen molar-refractivity contribution in [1.82, 2.24) is 0 Å². The molecule has 98 valence electrons. The summed E-state index contributed by atoms with van der Waals surface area (Å²) in [7, 11) is 0. The van der Waals surface area contributed by atoms with E-state index in [1.807, 2.05) is 0 Å². The van der Waals surface area contributed by atoms with Crippen LogP contribution in [-0.2, 0) is 11.3 Å². The predicted octanol–water partition coefficient (Wildman–Crippen LogP) is 0.696. The average molecular weight is 253 g/mol. The van der Waals surface area contributed by atoms with Crippen LogP contribution in [0, 0.1) is 10.1 Å². The lowest BCUT2D eigenvalue weighted by molar-refractivity contribution is -0.386. The second kappa shape index (κ2) is 5.97. The molecule has 18 heavy (non-hydrogen) atoms. The van der Waals surface area contributed by atoms with E-state index in [4.69, 9.17) is 16.2 Å². The Balaban J connectivity index is 3.08. The fourth-order valence-electron chi connectivity index (χ4n) is 1.43. The molecule has 1 atom stereocenters.